The third-order valence-corrected chi connectivity index (χ3v) is 36.6. The van der Waals surface area contributed by atoms with Gasteiger partial charge in [-0.1, -0.05) is 184 Å². The monoisotopic (exact) mass is 1600 g/mol. The lowest BCUT2D eigenvalue weighted by Gasteiger charge is -2.61. The lowest BCUT2D eigenvalue weighted by Crippen LogP contribution is -2.55. The van der Waals surface area contributed by atoms with E-state index in [0.29, 0.717) is 78.4 Å². The Morgan fingerprint density at radius 1 is 0.402 bits per heavy atom. The summed E-state index contributed by atoms with van der Waals surface area (Å²) in [5, 5.41) is 0. The van der Waals surface area contributed by atoms with Crippen LogP contribution in [0.3, 0.4) is 0 Å². The van der Waals surface area contributed by atoms with Gasteiger partial charge in [0.1, 0.15) is 18.3 Å². The molecule has 10 fully saturated rings. The van der Waals surface area contributed by atoms with Crippen LogP contribution in [0.4, 0.5) is 34.1 Å². The van der Waals surface area contributed by atoms with Crippen LogP contribution in [0.15, 0.2) is 89.5 Å². The Labute approximate surface area is 709 Å². The lowest BCUT2D eigenvalue weighted by atomic mass is 9.44. The number of hydrogen-bond acceptors (Lipinski definition) is 12. The SMILES string of the molecule is CC(C)=CCCCC(C)C1CCC2C3CC=C4C(C)(C)C(OC(=O)c5cc(N)cc(N)c5)CCC4(C)C3CCC12C.CC(C)CCCC(C)C1CCC2C3CC=C4CC(OC(=O)c5cc(N)cc(N)c5)CCC4(C)C3CCC12C.CC(C)CCCC(C)C1CCC2C3CCC4CC(OC(=O)c5cc(N)cc(N)c5)CCC4(C)C3CCC12C. The second-order valence-corrected chi connectivity index (χ2v) is 44.9. The molecule has 25 atom stereocenters. The van der Waals surface area contributed by atoms with Crippen molar-refractivity contribution in [3.63, 3.8) is 0 Å². The van der Waals surface area contributed by atoms with Gasteiger partial charge in [0.15, 0.2) is 0 Å². The number of nitrogen functional groups attached to an aromatic ring is 6. The van der Waals surface area contributed by atoms with E-state index in [2.05, 4.69) is 136 Å². The molecule has 0 aromatic heterocycles. The summed E-state index contributed by atoms with van der Waals surface area (Å²) in [6.07, 6.45) is 49.8. The van der Waals surface area contributed by atoms with Crippen LogP contribution in [-0.4, -0.2) is 36.2 Å². The normalized spacial score (nSPS) is 37.5. The van der Waals surface area contributed by atoms with E-state index >= 15 is 0 Å². The zero-order chi connectivity index (χ0) is 84.2. The van der Waals surface area contributed by atoms with Gasteiger partial charge in [0.25, 0.3) is 0 Å². The van der Waals surface area contributed by atoms with Gasteiger partial charge in [0, 0.05) is 46.0 Å². The lowest BCUT2D eigenvalue weighted by molar-refractivity contribution is -0.130. The number of ether oxygens (including phenoxy) is 3. The van der Waals surface area contributed by atoms with Crippen LogP contribution in [-0.2, 0) is 14.2 Å². The Balaban J connectivity index is 0.000000153. The minimum absolute atomic E-state index is 0.0104. The largest absolute Gasteiger partial charge is 0.459 e. The van der Waals surface area contributed by atoms with Gasteiger partial charge >= 0.3 is 17.9 Å². The molecule has 12 N–H and O–H groups in total. The van der Waals surface area contributed by atoms with E-state index in [0.717, 1.165) is 146 Å². The number of allylic oxidation sites excluding steroid dienone is 4. The third-order valence-electron chi connectivity index (χ3n) is 36.6. The van der Waals surface area contributed by atoms with Gasteiger partial charge in [0.05, 0.1) is 16.7 Å². The molecule has 0 bridgehead atoms. The number of nitrogens with two attached hydrogens (primary N) is 6. The molecule has 648 valence electrons. The van der Waals surface area contributed by atoms with Crippen LogP contribution in [0.5, 0.6) is 0 Å². The first-order valence-corrected chi connectivity index (χ1v) is 47.9. The van der Waals surface area contributed by atoms with E-state index in [-0.39, 0.29) is 52.5 Å². The summed E-state index contributed by atoms with van der Waals surface area (Å²) in [6.45, 7) is 41.9. The Morgan fingerprint density at radius 3 is 1.26 bits per heavy atom. The molecule has 0 saturated heterocycles. The average molecular weight is 1600 g/mol. The number of hydrogen-bond donors (Lipinski definition) is 6. The molecule has 10 saturated carbocycles. The molecule has 0 heterocycles. The van der Waals surface area contributed by atoms with Gasteiger partial charge in [-0.05, 0) is 368 Å². The zero-order valence-electron chi connectivity index (χ0n) is 76.3. The van der Waals surface area contributed by atoms with Crippen LogP contribution in [0.25, 0.3) is 0 Å². The summed E-state index contributed by atoms with van der Waals surface area (Å²) in [5.74, 6) is 14.1. The van der Waals surface area contributed by atoms with Crippen LogP contribution >= 0.6 is 0 Å². The molecule has 3 aromatic carbocycles. The highest BCUT2D eigenvalue weighted by Gasteiger charge is 2.65. The Hall–Kier alpha value is -5.91. The minimum Gasteiger partial charge on any atom is -0.459 e. The van der Waals surface area contributed by atoms with Crippen LogP contribution < -0.4 is 34.4 Å². The Bertz CT molecular complexity index is 4030. The number of esters is 3. The van der Waals surface area contributed by atoms with E-state index in [4.69, 9.17) is 48.6 Å². The zero-order valence-corrected chi connectivity index (χ0v) is 76.3. The second kappa shape index (κ2) is 35.5. The molecule has 12 aliphatic rings. The number of carbonyl (C=O) groups is 3. The van der Waals surface area contributed by atoms with Gasteiger partial charge in [-0.15, -0.1) is 0 Å². The van der Waals surface area contributed by atoms with Crippen molar-refractivity contribution in [1.82, 2.24) is 0 Å². The van der Waals surface area contributed by atoms with Crippen LogP contribution in [0.1, 0.15) is 361 Å². The highest BCUT2D eigenvalue weighted by molar-refractivity contribution is 5.93. The van der Waals surface area contributed by atoms with Crippen molar-refractivity contribution >= 4 is 52.0 Å². The Morgan fingerprint density at radius 2 is 0.795 bits per heavy atom. The number of fused-ring (bicyclic) bond motifs is 15. The average Bonchev–Trinajstić information content (AvgIpc) is 0.985. The second-order valence-electron chi connectivity index (χ2n) is 44.9. The first kappa shape index (κ1) is 88.9. The van der Waals surface area contributed by atoms with Crippen molar-refractivity contribution in [3.8, 4) is 0 Å². The van der Waals surface area contributed by atoms with Crippen molar-refractivity contribution in [3.05, 3.63) is 106 Å². The highest BCUT2D eigenvalue weighted by atomic mass is 16.6. The van der Waals surface area contributed by atoms with Gasteiger partial charge in [-0.3, -0.25) is 0 Å². The summed E-state index contributed by atoms with van der Waals surface area (Å²) in [6, 6.07) is 15.0. The van der Waals surface area contributed by atoms with E-state index < -0.39 is 0 Å². The van der Waals surface area contributed by atoms with Crippen molar-refractivity contribution in [1.29, 1.82) is 0 Å². The van der Waals surface area contributed by atoms with Crippen molar-refractivity contribution in [2.24, 2.45) is 144 Å². The first-order chi connectivity index (χ1) is 55.3. The van der Waals surface area contributed by atoms with E-state index in [9.17, 15) is 14.4 Å². The fourth-order valence-electron chi connectivity index (χ4n) is 30.7. The molecule has 0 spiro atoms. The van der Waals surface area contributed by atoms with E-state index in [1.54, 1.807) is 60.2 Å². The third kappa shape index (κ3) is 18.0. The van der Waals surface area contributed by atoms with Gasteiger partial charge in [-0.2, -0.15) is 0 Å². The molecule has 12 nitrogen and oxygen atoms in total. The van der Waals surface area contributed by atoms with Crippen molar-refractivity contribution < 1.29 is 28.6 Å². The number of unbranched alkanes of at least 4 members (excludes halogenated alkanes) is 1. The number of anilines is 6. The fraction of sp³-hybridized carbons (Fsp3) is 0.743. The van der Waals surface area contributed by atoms with Crippen LogP contribution in [0, 0.1) is 144 Å². The molecule has 0 aliphatic heterocycles. The molecular formula is C105H162N6O6. The van der Waals surface area contributed by atoms with Gasteiger partial charge < -0.3 is 48.6 Å². The maximum atomic E-state index is 13.2. The molecule has 0 amide bonds. The topological polar surface area (TPSA) is 235 Å². The number of rotatable bonds is 21. The van der Waals surface area contributed by atoms with Gasteiger partial charge in [0.2, 0.25) is 0 Å². The fourth-order valence-corrected chi connectivity index (χ4v) is 30.7. The van der Waals surface area contributed by atoms with Gasteiger partial charge in [-0.25, -0.2) is 14.4 Å². The summed E-state index contributed by atoms with van der Waals surface area (Å²) >= 11 is 0. The van der Waals surface area contributed by atoms with Crippen molar-refractivity contribution in [2.45, 2.75) is 348 Å². The quantitative estimate of drug-likeness (QED) is 0.0192. The first-order valence-electron chi connectivity index (χ1n) is 47.9. The minimum atomic E-state index is -0.319. The maximum absolute atomic E-state index is 13.2. The number of benzene rings is 3. The van der Waals surface area contributed by atoms with E-state index in [1.807, 2.05) is 0 Å². The summed E-state index contributed by atoms with van der Waals surface area (Å²) in [7, 11) is 0. The summed E-state index contributed by atoms with van der Waals surface area (Å²) < 4.78 is 18.3. The molecule has 3 aromatic rings. The number of carbonyl (C=O) groups excluding carboxylic acids is 3. The molecule has 12 aliphatic carbocycles. The molecular weight excluding hydrogens is 1440 g/mol. The molecule has 117 heavy (non-hydrogen) atoms. The molecule has 25 unspecified atom stereocenters. The predicted octanol–water partition coefficient (Wildman–Crippen LogP) is 26.3. The summed E-state index contributed by atoms with van der Waals surface area (Å²) in [5.41, 5.74) is 46.7. The van der Waals surface area contributed by atoms with Crippen LogP contribution in [0.2, 0.25) is 0 Å². The maximum Gasteiger partial charge on any atom is 0.338 e. The van der Waals surface area contributed by atoms with Crippen molar-refractivity contribution in [2.75, 3.05) is 34.4 Å². The Kier molecular flexibility index (Phi) is 27.0. The molecule has 12 heteroatoms. The summed E-state index contributed by atoms with van der Waals surface area (Å²) in [4.78, 5) is 39.0. The standard InChI is InChI=1S/C37H56N2O2.C34H54N2O2.C34H52N2O2/c1-23(2)10-8-9-11-24(3)29-13-14-30-28-12-15-32-35(4,5)33(41-34(40)25-20-26(38)22-27(39)21-25)17-19-37(32,7)31(28)16-18-36(29,30)6;2*1-21(2)7-6-8-22(3)29-11-12-30-28-10-9-24-19-27(38-32(37)23-17-25(35)20-26(36)18-23)13-15-33(24,4)31(28)14-16-34(29,30)5/h10,15,20-22,24,28-31,33H,8-9,11-14,16-19,38-39H2,1-7H3;17-18,20-22,24,27-31H,6-16,19,35-36H2,1-5H3;9,17-18,20-22,27-31H,6-8,10-16,19,35-36H2,1-5H3. The molecule has 0 radical (unpaired) electrons. The molecule has 15 rings (SSSR count). The smallest absolute Gasteiger partial charge is 0.338 e. The highest BCUT2D eigenvalue weighted by Crippen LogP contribution is 2.73. The predicted molar refractivity (Wildman–Crippen MR) is 486 cm³/mol. The van der Waals surface area contributed by atoms with E-state index in [1.165, 1.54) is 178 Å².